The summed E-state index contributed by atoms with van der Waals surface area (Å²) < 4.78 is 5.13. The van der Waals surface area contributed by atoms with Crippen LogP contribution in [0, 0.1) is 6.92 Å². The average molecular weight is 332 g/mol. The lowest BCUT2D eigenvalue weighted by molar-refractivity contribution is -0.147. The van der Waals surface area contributed by atoms with Crippen LogP contribution in [0.5, 0.6) is 0 Å². The van der Waals surface area contributed by atoms with E-state index in [0.717, 1.165) is 18.4 Å². The average Bonchev–Trinajstić information content (AvgIpc) is 2.57. The number of nitrogens with one attached hydrogen (secondary N) is 1. The third kappa shape index (κ3) is 4.34. The smallest absolute Gasteiger partial charge is 0.308 e. The van der Waals surface area contributed by atoms with E-state index in [9.17, 15) is 14.4 Å². The van der Waals surface area contributed by atoms with Crippen LogP contribution in [-0.2, 0) is 14.3 Å². The summed E-state index contributed by atoms with van der Waals surface area (Å²) in [6.07, 6.45) is 1.59. The van der Waals surface area contributed by atoms with Gasteiger partial charge in [-0.15, -0.1) is 0 Å². The van der Waals surface area contributed by atoms with Gasteiger partial charge in [0.2, 0.25) is 5.91 Å². The molecule has 2 amide bonds. The van der Waals surface area contributed by atoms with Crippen molar-refractivity contribution >= 4 is 17.8 Å². The molecule has 1 saturated heterocycles. The number of benzene rings is 1. The van der Waals surface area contributed by atoms with Gasteiger partial charge in [-0.3, -0.25) is 14.4 Å². The number of carbonyl (C=O) groups excluding carboxylic acids is 3. The first-order valence-corrected chi connectivity index (χ1v) is 8.34. The molecule has 0 aromatic heterocycles. The van der Waals surface area contributed by atoms with Crippen molar-refractivity contribution in [2.75, 3.05) is 19.7 Å². The van der Waals surface area contributed by atoms with Crippen molar-refractivity contribution in [2.45, 2.75) is 39.2 Å². The number of carbonyl (C=O) groups is 3. The van der Waals surface area contributed by atoms with E-state index >= 15 is 0 Å². The number of piperazine rings is 1. The van der Waals surface area contributed by atoms with Crippen molar-refractivity contribution in [3.05, 3.63) is 35.4 Å². The number of rotatable bonds is 6. The van der Waals surface area contributed by atoms with Gasteiger partial charge in [0.1, 0.15) is 6.04 Å². The molecule has 130 valence electrons. The fourth-order valence-electron chi connectivity index (χ4n) is 2.68. The summed E-state index contributed by atoms with van der Waals surface area (Å²) >= 11 is 0. The molecular weight excluding hydrogens is 308 g/mol. The van der Waals surface area contributed by atoms with Crippen LogP contribution in [-0.4, -0.2) is 48.4 Å². The molecule has 0 aliphatic carbocycles. The van der Waals surface area contributed by atoms with Crippen LogP contribution in [0.1, 0.15) is 42.1 Å². The highest BCUT2D eigenvalue weighted by Gasteiger charge is 2.35. The summed E-state index contributed by atoms with van der Waals surface area (Å²) in [6.45, 7) is 4.97. The van der Waals surface area contributed by atoms with Crippen molar-refractivity contribution in [1.29, 1.82) is 0 Å². The van der Waals surface area contributed by atoms with Gasteiger partial charge >= 0.3 is 5.97 Å². The molecule has 1 aliphatic heterocycles. The zero-order chi connectivity index (χ0) is 17.5. The highest BCUT2D eigenvalue weighted by Crippen LogP contribution is 2.17. The first-order valence-electron chi connectivity index (χ1n) is 8.34. The molecule has 24 heavy (non-hydrogen) atoms. The van der Waals surface area contributed by atoms with Crippen molar-refractivity contribution in [3.8, 4) is 0 Å². The normalized spacial score (nSPS) is 17.3. The number of amides is 2. The van der Waals surface area contributed by atoms with Gasteiger partial charge in [0.15, 0.2) is 0 Å². The van der Waals surface area contributed by atoms with E-state index in [0.29, 0.717) is 25.3 Å². The molecule has 1 aliphatic rings. The van der Waals surface area contributed by atoms with Gasteiger partial charge in [0.25, 0.3) is 5.91 Å². The molecular formula is C18H24N2O4. The molecule has 0 saturated carbocycles. The van der Waals surface area contributed by atoms with Crippen molar-refractivity contribution < 1.29 is 19.1 Å². The third-order valence-electron chi connectivity index (χ3n) is 4.09. The summed E-state index contributed by atoms with van der Waals surface area (Å²) in [5.41, 5.74) is 1.40. The third-order valence-corrected chi connectivity index (χ3v) is 4.09. The van der Waals surface area contributed by atoms with E-state index in [4.69, 9.17) is 4.74 Å². The minimum absolute atomic E-state index is 0.118. The van der Waals surface area contributed by atoms with E-state index in [-0.39, 0.29) is 18.2 Å². The van der Waals surface area contributed by atoms with Gasteiger partial charge in [-0.25, -0.2) is 0 Å². The largest absolute Gasteiger partial charge is 0.466 e. The zero-order valence-electron chi connectivity index (χ0n) is 14.2. The van der Waals surface area contributed by atoms with Gasteiger partial charge in [0, 0.05) is 18.7 Å². The highest BCUT2D eigenvalue weighted by molar-refractivity contribution is 6.00. The predicted octanol–water partition coefficient (Wildman–Crippen LogP) is 1.67. The molecule has 6 nitrogen and oxygen atoms in total. The summed E-state index contributed by atoms with van der Waals surface area (Å²) in [5.74, 6) is -0.988. The fourth-order valence-corrected chi connectivity index (χ4v) is 2.68. The van der Waals surface area contributed by atoms with Crippen LogP contribution in [0.25, 0.3) is 0 Å². The Morgan fingerprint density at radius 1 is 1.33 bits per heavy atom. The minimum Gasteiger partial charge on any atom is -0.466 e. The number of unbranched alkanes of at least 4 members (excludes halogenated alkanes) is 1. The lowest BCUT2D eigenvalue weighted by atomic mass is 10.0. The lowest BCUT2D eigenvalue weighted by Gasteiger charge is -2.34. The maximum absolute atomic E-state index is 12.8. The number of hydrogen-bond acceptors (Lipinski definition) is 4. The number of hydrogen-bond donors (Lipinski definition) is 1. The van der Waals surface area contributed by atoms with Crippen LogP contribution < -0.4 is 5.32 Å². The molecule has 1 aromatic carbocycles. The molecule has 6 heteroatoms. The number of ether oxygens (including phenoxy) is 1. The quantitative estimate of drug-likeness (QED) is 0.635. The Bertz CT molecular complexity index is 615. The second-order valence-corrected chi connectivity index (χ2v) is 5.90. The molecule has 1 N–H and O–H groups in total. The topological polar surface area (TPSA) is 75.7 Å². The fraction of sp³-hybridized carbons (Fsp3) is 0.500. The molecule has 1 heterocycles. The van der Waals surface area contributed by atoms with E-state index in [1.807, 2.05) is 26.0 Å². The van der Waals surface area contributed by atoms with E-state index in [2.05, 4.69) is 5.32 Å². The summed E-state index contributed by atoms with van der Waals surface area (Å²) in [6, 6.07) is 6.42. The maximum atomic E-state index is 12.8. The Hall–Kier alpha value is -2.37. The van der Waals surface area contributed by atoms with Crippen LogP contribution in [0.4, 0.5) is 0 Å². The second kappa shape index (κ2) is 8.47. The van der Waals surface area contributed by atoms with Crippen molar-refractivity contribution in [1.82, 2.24) is 10.2 Å². The molecule has 1 fully saturated rings. The van der Waals surface area contributed by atoms with Gasteiger partial charge in [0.05, 0.1) is 13.0 Å². The summed E-state index contributed by atoms with van der Waals surface area (Å²) in [7, 11) is 0. The Labute approximate surface area is 142 Å². The standard InChI is InChI=1S/C18H24N2O4/c1-3-4-11-24-16(21)12-15-17(22)19-9-10-20(15)18(23)14-8-6-5-7-13(14)2/h5-8,15H,3-4,9-12H2,1-2H3,(H,19,22). The number of aryl methyl sites for hydroxylation is 1. The Balaban J connectivity index is 2.11. The number of nitrogens with zero attached hydrogens (tertiary/aromatic N) is 1. The van der Waals surface area contributed by atoms with Crippen LogP contribution >= 0.6 is 0 Å². The van der Waals surface area contributed by atoms with E-state index in [1.165, 1.54) is 4.90 Å². The van der Waals surface area contributed by atoms with Gasteiger partial charge in [-0.1, -0.05) is 31.5 Å². The number of esters is 1. The van der Waals surface area contributed by atoms with Crippen LogP contribution in [0.3, 0.4) is 0 Å². The minimum atomic E-state index is -0.819. The summed E-state index contributed by atoms with van der Waals surface area (Å²) in [4.78, 5) is 38.4. The molecule has 0 radical (unpaired) electrons. The first-order chi connectivity index (χ1) is 11.5. The van der Waals surface area contributed by atoms with Crippen LogP contribution in [0.15, 0.2) is 24.3 Å². The SMILES string of the molecule is CCCCOC(=O)CC1C(=O)NCCN1C(=O)c1ccccc1C. The Morgan fingerprint density at radius 3 is 2.79 bits per heavy atom. The first kappa shape index (κ1) is 18.0. The van der Waals surface area contributed by atoms with Crippen LogP contribution in [0.2, 0.25) is 0 Å². The Morgan fingerprint density at radius 2 is 2.08 bits per heavy atom. The molecule has 0 bridgehead atoms. The zero-order valence-corrected chi connectivity index (χ0v) is 14.2. The second-order valence-electron chi connectivity index (χ2n) is 5.90. The van der Waals surface area contributed by atoms with Gasteiger partial charge in [-0.2, -0.15) is 0 Å². The maximum Gasteiger partial charge on any atom is 0.308 e. The van der Waals surface area contributed by atoms with Gasteiger partial charge < -0.3 is 15.0 Å². The molecule has 1 unspecified atom stereocenters. The molecule has 1 atom stereocenters. The molecule has 0 spiro atoms. The molecule has 2 rings (SSSR count). The monoisotopic (exact) mass is 332 g/mol. The van der Waals surface area contributed by atoms with E-state index < -0.39 is 12.0 Å². The van der Waals surface area contributed by atoms with Gasteiger partial charge in [-0.05, 0) is 25.0 Å². The highest BCUT2D eigenvalue weighted by atomic mass is 16.5. The Kier molecular flexibility index (Phi) is 6.35. The molecule has 1 aromatic rings. The lowest BCUT2D eigenvalue weighted by Crippen LogP contribution is -2.58. The summed E-state index contributed by atoms with van der Waals surface area (Å²) in [5, 5.41) is 2.72. The van der Waals surface area contributed by atoms with E-state index in [1.54, 1.807) is 12.1 Å². The van der Waals surface area contributed by atoms with Crippen molar-refractivity contribution in [3.63, 3.8) is 0 Å². The van der Waals surface area contributed by atoms with Crippen molar-refractivity contribution in [2.24, 2.45) is 0 Å². The predicted molar refractivity (Wildman–Crippen MR) is 89.5 cm³/mol.